The van der Waals surface area contributed by atoms with Gasteiger partial charge in [-0.2, -0.15) is 0 Å². The van der Waals surface area contributed by atoms with Gasteiger partial charge in [0, 0.05) is 25.8 Å². The summed E-state index contributed by atoms with van der Waals surface area (Å²) in [4.78, 5) is 24.5. The SMILES string of the molecule is CC(=O)NC[C@H]1CN(c2ccc(C3CCOCC3)cc2)C(=O)O1. The van der Waals surface area contributed by atoms with E-state index in [9.17, 15) is 9.59 Å². The molecule has 2 fully saturated rings. The van der Waals surface area contributed by atoms with Crippen LogP contribution in [0.15, 0.2) is 24.3 Å². The molecule has 2 aliphatic rings. The van der Waals surface area contributed by atoms with Crippen LogP contribution in [0.2, 0.25) is 0 Å². The van der Waals surface area contributed by atoms with Crippen molar-refractivity contribution in [2.24, 2.45) is 0 Å². The molecule has 0 aromatic heterocycles. The number of rotatable bonds is 4. The van der Waals surface area contributed by atoms with Gasteiger partial charge in [-0.3, -0.25) is 9.69 Å². The van der Waals surface area contributed by atoms with Crippen molar-refractivity contribution >= 4 is 17.7 Å². The second-order valence-corrected chi connectivity index (χ2v) is 6.03. The highest BCUT2D eigenvalue weighted by Crippen LogP contribution is 2.29. The zero-order valence-corrected chi connectivity index (χ0v) is 13.3. The molecule has 1 aromatic carbocycles. The molecule has 23 heavy (non-hydrogen) atoms. The van der Waals surface area contributed by atoms with Crippen LogP contribution in [0.25, 0.3) is 0 Å². The molecule has 0 spiro atoms. The largest absolute Gasteiger partial charge is 0.442 e. The topological polar surface area (TPSA) is 67.9 Å². The molecule has 6 nitrogen and oxygen atoms in total. The highest BCUT2D eigenvalue weighted by molar-refractivity contribution is 5.89. The van der Waals surface area contributed by atoms with Crippen molar-refractivity contribution in [2.75, 3.05) is 31.2 Å². The van der Waals surface area contributed by atoms with E-state index in [4.69, 9.17) is 9.47 Å². The number of carbonyl (C=O) groups excluding carboxylic acids is 2. The van der Waals surface area contributed by atoms with Crippen LogP contribution >= 0.6 is 0 Å². The van der Waals surface area contributed by atoms with E-state index in [0.717, 1.165) is 31.7 Å². The van der Waals surface area contributed by atoms with E-state index in [-0.39, 0.29) is 18.1 Å². The average molecular weight is 318 g/mol. The molecule has 0 unspecified atom stereocenters. The molecule has 124 valence electrons. The van der Waals surface area contributed by atoms with Crippen molar-refractivity contribution in [3.8, 4) is 0 Å². The minimum atomic E-state index is -0.362. The molecule has 3 rings (SSSR count). The van der Waals surface area contributed by atoms with Crippen LogP contribution in [0.3, 0.4) is 0 Å². The summed E-state index contributed by atoms with van der Waals surface area (Å²) in [6.45, 7) is 3.88. The summed E-state index contributed by atoms with van der Waals surface area (Å²) >= 11 is 0. The molecule has 1 atom stereocenters. The lowest BCUT2D eigenvalue weighted by atomic mass is 9.91. The van der Waals surface area contributed by atoms with Crippen molar-refractivity contribution < 1.29 is 19.1 Å². The van der Waals surface area contributed by atoms with Crippen molar-refractivity contribution in [1.82, 2.24) is 5.32 Å². The molecule has 0 saturated carbocycles. The Kier molecular flexibility index (Phi) is 4.81. The Balaban J connectivity index is 1.62. The zero-order valence-electron chi connectivity index (χ0n) is 13.3. The Hall–Kier alpha value is -2.08. The molecule has 2 aliphatic heterocycles. The number of hydrogen-bond acceptors (Lipinski definition) is 4. The van der Waals surface area contributed by atoms with Crippen LogP contribution in [0.5, 0.6) is 0 Å². The lowest BCUT2D eigenvalue weighted by molar-refractivity contribution is -0.119. The number of nitrogens with zero attached hydrogens (tertiary/aromatic N) is 1. The van der Waals surface area contributed by atoms with Gasteiger partial charge in [-0.1, -0.05) is 12.1 Å². The molecule has 2 saturated heterocycles. The first-order valence-corrected chi connectivity index (χ1v) is 8.04. The second kappa shape index (κ2) is 7.00. The Morgan fingerprint density at radius 1 is 1.26 bits per heavy atom. The maximum Gasteiger partial charge on any atom is 0.414 e. The fourth-order valence-electron chi connectivity index (χ4n) is 3.05. The maximum absolute atomic E-state index is 12.0. The third-order valence-electron chi connectivity index (χ3n) is 4.35. The monoisotopic (exact) mass is 318 g/mol. The summed E-state index contributed by atoms with van der Waals surface area (Å²) < 4.78 is 10.7. The van der Waals surface area contributed by atoms with Crippen LogP contribution in [0, 0.1) is 0 Å². The number of amides is 2. The summed E-state index contributed by atoms with van der Waals surface area (Å²) in [7, 11) is 0. The number of nitrogens with one attached hydrogen (secondary N) is 1. The standard InChI is InChI=1S/C17H22N2O4/c1-12(20)18-10-16-11-19(17(21)23-16)15-4-2-13(3-5-15)14-6-8-22-9-7-14/h2-5,14,16H,6-11H2,1H3,(H,18,20)/t16-/m0/s1. The number of carbonyl (C=O) groups is 2. The first-order valence-electron chi connectivity index (χ1n) is 8.04. The Bertz CT molecular complexity index is 566. The lowest BCUT2D eigenvalue weighted by Crippen LogP contribution is -2.33. The lowest BCUT2D eigenvalue weighted by Gasteiger charge is -2.23. The fraction of sp³-hybridized carbons (Fsp3) is 0.529. The zero-order chi connectivity index (χ0) is 16.2. The molecule has 0 radical (unpaired) electrons. The van der Waals surface area contributed by atoms with Crippen molar-refractivity contribution in [3.05, 3.63) is 29.8 Å². The highest BCUT2D eigenvalue weighted by atomic mass is 16.6. The van der Waals surface area contributed by atoms with E-state index >= 15 is 0 Å². The second-order valence-electron chi connectivity index (χ2n) is 6.03. The average Bonchev–Trinajstić information content (AvgIpc) is 2.95. The summed E-state index contributed by atoms with van der Waals surface area (Å²) in [6, 6.07) is 8.10. The quantitative estimate of drug-likeness (QED) is 0.922. The van der Waals surface area contributed by atoms with Gasteiger partial charge >= 0.3 is 6.09 Å². The number of anilines is 1. The predicted molar refractivity (Wildman–Crippen MR) is 85.5 cm³/mol. The van der Waals surface area contributed by atoms with Gasteiger partial charge in [-0.05, 0) is 36.5 Å². The van der Waals surface area contributed by atoms with Gasteiger partial charge in [0.15, 0.2) is 0 Å². The maximum atomic E-state index is 12.0. The van der Waals surface area contributed by atoms with Gasteiger partial charge in [-0.15, -0.1) is 0 Å². The molecule has 1 aromatic rings. The molecular weight excluding hydrogens is 296 g/mol. The fourth-order valence-corrected chi connectivity index (χ4v) is 3.05. The molecular formula is C17H22N2O4. The Labute approximate surface area is 135 Å². The smallest absolute Gasteiger partial charge is 0.414 e. The van der Waals surface area contributed by atoms with Gasteiger partial charge in [0.25, 0.3) is 0 Å². The molecule has 6 heteroatoms. The molecule has 2 heterocycles. The minimum absolute atomic E-state index is 0.125. The number of ether oxygens (including phenoxy) is 2. The molecule has 0 bridgehead atoms. The van der Waals surface area contributed by atoms with Crippen LogP contribution in [0.4, 0.5) is 10.5 Å². The molecule has 0 aliphatic carbocycles. The highest BCUT2D eigenvalue weighted by Gasteiger charge is 2.32. The predicted octanol–water partition coefficient (Wildman–Crippen LogP) is 2.04. The summed E-state index contributed by atoms with van der Waals surface area (Å²) in [5, 5.41) is 2.68. The summed E-state index contributed by atoms with van der Waals surface area (Å²) in [5.74, 6) is 0.413. The van der Waals surface area contributed by atoms with Crippen molar-refractivity contribution in [2.45, 2.75) is 31.8 Å². The van der Waals surface area contributed by atoms with Crippen molar-refractivity contribution in [3.63, 3.8) is 0 Å². The van der Waals surface area contributed by atoms with Gasteiger partial charge < -0.3 is 14.8 Å². The number of hydrogen-bond donors (Lipinski definition) is 1. The Morgan fingerprint density at radius 2 is 1.96 bits per heavy atom. The van der Waals surface area contributed by atoms with Crippen LogP contribution in [0.1, 0.15) is 31.2 Å². The van der Waals surface area contributed by atoms with E-state index in [1.165, 1.54) is 12.5 Å². The number of cyclic esters (lactones) is 1. The minimum Gasteiger partial charge on any atom is -0.442 e. The van der Waals surface area contributed by atoms with Crippen LogP contribution in [-0.4, -0.2) is 44.4 Å². The normalized spacial score (nSPS) is 22.0. The van der Waals surface area contributed by atoms with Crippen LogP contribution in [-0.2, 0) is 14.3 Å². The van der Waals surface area contributed by atoms with Gasteiger partial charge in [0.05, 0.1) is 13.1 Å². The molecule has 2 amide bonds. The first-order chi connectivity index (χ1) is 11.1. The van der Waals surface area contributed by atoms with E-state index in [1.807, 2.05) is 12.1 Å². The third kappa shape index (κ3) is 3.82. The van der Waals surface area contributed by atoms with Gasteiger partial charge in [0.2, 0.25) is 5.91 Å². The summed E-state index contributed by atoms with van der Waals surface area (Å²) in [6.07, 6.45) is 1.43. The van der Waals surface area contributed by atoms with E-state index < -0.39 is 0 Å². The van der Waals surface area contributed by atoms with E-state index in [2.05, 4.69) is 17.4 Å². The first kappa shape index (κ1) is 15.8. The van der Waals surface area contributed by atoms with E-state index in [1.54, 1.807) is 4.90 Å². The summed E-state index contributed by atoms with van der Waals surface area (Å²) in [5.41, 5.74) is 2.12. The third-order valence-corrected chi connectivity index (χ3v) is 4.35. The van der Waals surface area contributed by atoms with Crippen molar-refractivity contribution in [1.29, 1.82) is 0 Å². The van der Waals surface area contributed by atoms with Gasteiger partial charge in [0.1, 0.15) is 6.10 Å². The van der Waals surface area contributed by atoms with Gasteiger partial charge in [-0.25, -0.2) is 4.79 Å². The molecule has 1 N–H and O–H groups in total. The van der Waals surface area contributed by atoms with E-state index in [0.29, 0.717) is 19.0 Å². The Morgan fingerprint density at radius 3 is 2.61 bits per heavy atom. The van der Waals surface area contributed by atoms with Crippen LogP contribution < -0.4 is 10.2 Å². The number of benzene rings is 1.